The molecule has 0 saturated heterocycles. The number of amides is 1. The maximum atomic E-state index is 11.8. The van der Waals surface area contributed by atoms with Gasteiger partial charge < -0.3 is 9.47 Å². The molecule has 1 N–H and O–H groups in total. The topological polar surface area (TPSA) is 47.6 Å². The number of carbonyl (C=O) groups excluding carboxylic acids is 1. The maximum absolute atomic E-state index is 11.8. The van der Waals surface area contributed by atoms with E-state index < -0.39 is 17.1 Å². The average molecular weight is 289 g/mol. The Kier molecular flexibility index (Phi) is 4.90. The molecule has 0 aliphatic heterocycles. The van der Waals surface area contributed by atoms with Crippen LogP contribution in [0.4, 0.5) is 10.5 Å². The predicted octanol–water partition coefficient (Wildman–Crippen LogP) is 3.95. The lowest BCUT2D eigenvalue weighted by Crippen LogP contribution is -2.27. The third kappa shape index (κ3) is 4.71. The second-order valence-corrected chi connectivity index (χ2v) is 6.31. The van der Waals surface area contributed by atoms with E-state index >= 15 is 0 Å². The summed E-state index contributed by atoms with van der Waals surface area (Å²) in [7, 11) is 1.59. The second-order valence-electron chi connectivity index (χ2n) is 6.31. The quantitative estimate of drug-likeness (QED) is 0.857. The van der Waals surface area contributed by atoms with Gasteiger partial charge in [0.05, 0.1) is 12.5 Å². The van der Waals surface area contributed by atoms with E-state index in [1.54, 1.807) is 19.2 Å². The van der Waals surface area contributed by atoms with Gasteiger partial charge in [0.1, 0.15) is 11.4 Å². The van der Waals surface area contributed by atoms with Crippen LogP contribution in [0.2, 0.25) is 0 Å². The molecule has 0 aromatic heterocycles. The highest BCUT2D eigenvalue weighted by Gasteiger charge is 2.23. The van der Waals surface area contributed by atoms with Crippen molar-refractivity contribution in [2.24, 2.45) is 0 Å². The van der Waals surface area contributed by atoms with E-state index in [-0.39, 0.29) is 0 Å². The third-order valence-corrected chi connectivity index (χ3v) is 2.88. The van der Waals surface area contributed by atoms with Crippen molar-refractivity contribution in [3.05, 3.63) is 23.8 Å². The Morgan fingerprint density at radius 3 is 2.33 bits per heavy atom. The number of terminal acetylenes is 1. The highest BCUT2D eigenvalue weighted by molar-refractivity contribution is 5.85. The molecule has 0 unspecified atom stereocenters. The van der Waals surface area contributed by atoms with Crippen LogP contribution in [-0.2, 0) is 10.2 Å². The van der Waals surface area contributed by atoms with Gasteiger partial charge in [-0.05, 0) is 52.8 Å². The second kappa shape index (κ2) is 6.09. The minimum absolute atomic E-state index is 0.503. The SMILES string of the molecule is C#CC(C)(C)c1cc(NC(=O)OC(C)(C)C)ccc1OC. The van der Waals surface area contributed by atoms with E-state index in [9.17, 15) is 4.79 Å². The van der Waals surface area contributed by atoms with Crippen LogP contribution in [0.25, 0.3) is 0 Å². The van der Waals surface area contributed by atoms with E-state index in [2.05, 4.69) is 11.2 Å². The minimum Gasteiger partial charge on any atom is -0.496 e. The predicted molar refractivity (Wildman–Crippen MR) is 84.7 cm³/mol. The first-order valence-corrected chi connectivity index (χ1v) is 6.75. The van der Waals surface area contributed by atoms with Crippen LogP contribution in [0.3, 0.4) is 0 Å². The molecule has 0 radical (unpaired) electrons. The van der Waals surface area contributed by atoms with Crippen LogP contribution < -0.4 is 10.1 Å². The van der Waals surface area contributed by atoms with E-state index in [4.69, 9.17) is 15.9 Å². The van der Waals surface area contributed by atoms with Gasteiger partial charge in [-0.1, -0.05) is 5.92 Å². The summed E-state index contributed by atoms with van der Waals surface area (Å²) in [6.45, 7) is 9.28. The highest BCUT2D eigenvalue weighted by Crippen LogP contribution is 2.33. The summed E-state index contributed by atoms with van der Waals surface area (Å²) in [6.07, 6.45) is 5.08. The summed E-state index contributed by atoms with van der Waals surface area (Å²) in [4.78, 5) is 11.8. The molecular weight excluding hydrogens is 266 g/mol. The molecule has 1 aromatic carbocycles. The summed E-state index contributed by atoms with van der Waals surface area (Å²) >= 11 is 0. The molecule has 0 heterocycles. The van der Waals surface area contributed by atoms with Crippen molar-refractivity contribution >= 4 is 11.8 Å². The molecule has 0 spiro atoms. The first-order chi connectivity index (χ1) is 9.59. The fourth-order valence-corrected chi connectivity index (χ4v) is 1.77. The van der Waals surface area contributed by atoms with Crippen molar-refractivity contribution < 1.29 is 14.3 Å². The number of ether oxygens (including phenoxy) is 2. The molecule has 0 fully saturated rings. The molecule has 21 heavy (non-hydrogen) atoms. The Balaban J connectivity index is 3.05. The number of benzene rings is 1. The zero-order valence-corrected chi connectivity index (χ0v) is 13.5. The van der Waals surface area contributed by atoms with Crippen molar-refractivity contribution in [3.63, 3.8) is 0 Å². The van der Waals surface area contributed by atoms with Crippen LogP contribution >= 0.6 is 0 Å². The number of hydrogen-bond acceptors (Lipinski definition) is 3. The van der Waals surface area contributed by atoms with Gasteiger partial charge in [-0.25, -0.2) is 4.79 Å². The first kappa shape index (κ1) is 16.9. The van der Waals surface area contributed by atoms with Crippen LogP contribution in [0, 0.1) is 12.3 Å². The van der Waals surface area contributed by atoms with E-state index in [0.717, 1.165) is 5.56 Å². The van der Waals surface area contributed by atoms with Gasteiger partial charge >= 0.3 is 6.09 Å². The lowest BCUT2D eigenvalue weighted by molar-refractivity contribution is 0.0636. The molecule has 0 saturated carbocycles. The Bertz CT molecular complexity index is 562. The standard InChI is InChI=1S/C17H23NO3/c1-8-17(5,6)13-11-12(9-10-14(13)20-7)18-15(19)21-16(2,3)4/h1,9-11H,2-7H3,(H,18,19). The lowest BCUT2D eigenvalue weighted by Gasteiger charge is -2.23. The molecule has 114 valence electrons. The largest absolute Gasteiger partial charge is 0.496 e. The summed E-state index contributed by atoms with van der Waals surface area (Å²) in [5, 5.41) is 2.70. The number of hydrogen-bond donors (Lipinski definition) is 1. The van der Waals surface area contributed by atoms with Crippen LogP contribution in [0.15, 0.2) is 18.2 Å². The van der Waals surface area contributed by atoms with Crippen molar-refractivity contribution in [1.29, 1.82) is 0 Å². The summed E-state index contributed by atoms with van der Waals surface area (Å²) in [5.74, 6) is 3.41. The molecule has 1 rings (SSSR count). The molecular formula is C17H23NO3. The summed E-state index contributed by atoms with van der Waals surface area (Å²) in [6, 6.07) is 5.34. The molecule has 4 heteroatoms. The average Bonchev–Trinajstić information content (AvgIpc) is 2.36. The normalized spacial score (nSPS) is 11.5. The van der Waals surface area contributed by atoms with Crippen molar-refractivity contribution in [2.45, 2.75) is 45.6 Å². The summed E-state index contributed by atoms with van der Waals surface area (Å²) in [5.41, 5.74) is 0.401. The van der Waals surface area contributed by atoms with E-state index in [1.807, 2.05) is 40.7 Å². The van der Waals surface area contributed by atoms with Gasteiger partial charge in [-0.3, -0.25) is 5.32 Å². The fraction of sp³-hybridized carbons (Fsp3) is 0.471. The number of anilines is 1. The molecule has 0 bridgehead atoms. The van der Waals surface area contributed by atoms with Crippen molar-refractivity contribution in [1.82, 2.24) is 0 Å². The van der Waals surface area contributed by atoms with Gasteiger partial charge in [0.2, 0.25) is 0 Å². The van der Waals surface area contributed by atoms with Gasteiger partial charge in [-0.2, -0.15) is 0 Å². The molecule has 0 atom stereocenters. The van der Waals surface area contributed by atoms with Crippen molar-refractivity contribution in [3.8, 4) is 18.1 Å². The van der Waals surface area contributed by atoms with Gasteiger partial charge in [-0.15, -0.1) is 6.42 Å². The minimum atomic E-state index is -0.544. The number of nitrogens with one attached hydrogen (secondary N) is 1. The van der Waals surface area contributed by atoms with Gasteiger partial charge in [0, 0.05) is 11.3 Å². The van der Waals surface area contributed by atoms with Crippen molar-refractivity contribution in [2.75, 3.05) is 12.4 Å². The Labute approximate surface area is 126 Å². The van der Waals surface area contributed by atoms with E-state index in [1.165, 1.54) is 0 Å². The Morgan fingerprint density at radius 1 is 1.24 bits per heavy atom. The monoisotopic (exact) mass is 289 g/mol. The Morgan fingerprint density at radius 2 is 1.86 bits per heavy atom. The van der Waals surface area contributed by atoms with E-state index in [0.29, 0.717) is 11.4 Å². The van der Waals surface area contributed by atoms with Gasteiger partial charge in [0.15, 0.2) is 0 Å². The number of carbonyl (C=O) groups is 1. The zero-order valence-electron chi connectivity index (χ0n) is 13.5. The lowest BCUT2D eigenvalue weighted by atomic mass is 9.84. The molecule has 1 amide bonds. The maximum Gasteiger partial charge on any atom is 0.412 e. The smallest absolute Gasteiger partial charge is 0.412 e. The third-order valence-electron chi connectivity index (χ3n) is 2.88. The van der Waals surface area contributed by atoms with Crippen LogP contribution in [-0.4, -0.2) is 18.8 Å². The molecule has 1 aromatic rings. The first-order valence-electron chi connectivity index (χ1n) is 6.75. The molecule has 4 nitrogen and oxygen atoms in total. The fourth-order valence-electron chi connectivity index (χ4n) is 1.77. The zero-order chi connectivity index (χ0) is 16.3. The summed E-state index contributed by atoms with van der Waals surface area (Å²) < 4.78 is 10.6. The highest BCUT2D eigenvalue weighted by atomic mass is 16.6. The van der Waals surface area contributed by atoms with Gasteiger partial charge in [0.25, 0.3) is 0 Å². The van der Waals surface area contributed by atoms with Crippen LogP contribution in [0.1, 0.15) is 40.2 Å². The number of methoxy groups -OCH3 is 1. The van der Waals surface area contributed by atoms with Crippen LogP contribution in [0.5, 0.6) is 5.75 Å². The molecule has 0 aliphatic carbocycles. The number of rotatable bonds is 3. The molecule has 0 aliphatic rings. The Hall–Kier alpha value is -2.15.